The van der Waals surface area contributed by atoms with Crippen LogP contribution in [0.3, 0.4) is 0 Å². The smallest absolute Gasteiger partial charge is 0.123 e. The van der Waals surface area contributed by atoms with Gasteiger partial charge in [0.1, 0.15) is 16.6 Å². The van der Waals surface area contributed by atoms with E-state index in [1.807, 2.05) is 24.3 Å². The Bertz CT molecular complexity index is 944. The summed E-state index contributed by atoms with van der Waals surface area (Å²) in [6.45, 7) is 0. The number of nitrogens with two attached hydrogens (primary N) is 1. The molecule has 0 spiro atoms. The normalized spacial score (nSPS) is 19.2. The number of anilines is 1. The van der Waals surface area contributed by atoms with Crippen molar-refractivity contribution in [2.24, 2.45) is 5.73 Å². The highest BCUT2D eigenvalue weighted by molar-refractivity contribution is 8.03. The molecule has 2 aromatic rings. The van der Waals surface area contributed by atoms with Crippen LogP contribution in [0.2, 0.25) is 0 Å². The first-order valence-electron chi connectivity index (χ1n) is 6.90. The molecule has 0 saturated carbocycles. The molecule has 3 heterocycles. The van der Waals surface area contributed by atoms with Crippen LogP contribution in [0.1, 0.15) is 11.7 Å². The van der Waals surface area contributed by atoms with Crippen LogP contribution >= 0.6 is 11.8 Å². The van der Waals surface area contributed by atoms with Crippen molar-refractivity contribution in [3.63, 3.8) is 0 Å². The van der Waals surface area contributed by atoms with E-state index in [4.69, 9.17) is 10.2 Å². The van der Waals surface area contributed by atoms with Gasteiger partial charge in [0.2, 0.25) is 0 Å². The molecule has 1 atom stereocenters. The highest BCUT2D eigenvalue weighted by Crippen LogP contribution is 2.54. The SMILES string of the molecule is N#CC1=C(N)N2C(=C(C#N)C1c1ccco1)Sc1ccccc12. The average molecular weight is 318 g/mol. The fourth-order valence-corrected chi connectivity index (χ4v) is 4.09. The first-order valence-corrected chi connectivity index (χ1v) is 7.72. The molecule has 0 bridgehead atoms. The van der Waals surface area contributed by atoms with Crippen molar-refractivity contribution in [3.05, 3.63) is 70.4 Å². The van der Waals surface area contributed by atoms with Gasteiger partial charge in [0.05, 0.1) is 41.2 Å². The zero-order valence-corrected chi connectivity index (χ0v) is 12.7. The Labute approximate surface area is 136 Å². The maximum atomic E-state index is 9.72. The van der Waals surface area contributed by atoms with Crippen molar-refractivity contribution in [1.29, 1.82) is 10.5 Å². The van der Waals surface area contributed by atoms with E-state index in [2.05, 4.69) is 12.1 Å². The van der Waals surface area contributed by atoms with Crippen LogP contribution in [-0.2, 0) is 0 Å². The zero-order chi connectivity index (χ0) is 16.0. The zero-order valence-electron chi connectivity index (χ0n) is 11.9. The molecule has 6 heteroatoms. The summed E-state index contributed by atoms with van der Waals surface area (Å²) < 4.78 is 5.46. The van der Waals surface area contributed by atoms with Gasteiger partial charge < -0.3 is 10.2 Å². The van der Waals surface area contributed by atoms with Gasteiger partial charge in [-0.25, -0.2) is 0 Å². The predicted molar refractivity (Wildman–Crippen MR) is 85.7 cm³/mol. The van der Waals surface area contributed by atoms with E-state index in [-0.39, 0.29) is 0 Å². The third kappa shape index (κ3) is 1.79. The standard InChI is InChI=1S/C17H10N4OS/c18-8-10-15(13-5-3-7-22-13)11(9-19)17-21(16(10)20)12-4-1-2-6-14(12)23-17/h1-7,15H,20H2. The molecule has 2 aliphatic heterocycles. The Balaban J connectivity index is 1.99. The maximum Gasteiger partial charge on any atom is 0.123 e. The van der Waals surface area contributed by atoms with Crippen LogP contribution in [0.25, 0.3) is 0 Å². The molecule has 1 aromatic heterocycles. The van der Waals surface area contributed by atoms with Gasteiger partial charge in [-0.1, -0.05) is 23.9 Å². The number of nitrogens with zero attached hydrogens (tertiary/aromatic N) is 3. The van der Waals surface area contributed by atoms with Gasteiger partial charge in [-0.15, -0.1) is 0 Å². The molecule has 110 valence electrons. The quantitative estimate of drug-likeness (QED) is 0.866. The molecule has 0 radical (unpaired) electrons. The van der Waals surface area contributed by atoms with Crippen LogP contribution < -0.4 is 10.6 Å². The molecule has 1 aromatic carbocycles. The average Bonchev–Trinajstić information content (AvgIpc) is 3.22. The second-order valence-corrected chi connectivity index (χ2v) is 6.13. The van der Waals surface area contributed by atoms with Gasteiger partial charge in [0.15, 0.2) is 0 Å². The minimum Gasteiger partial charge on any atom is -0.468 e. The van der Waals surface area contributed by atoms with Crippen molar-refractivity contribution in [2.75, 3.05) is 4.90 Å². The van der Waals surface area contributed by atoms with E-state index in [0.717, 1.165) is 15.6 Å². The van der Waals surface area contributed by atoms with Gasteiger partial charge in [-0.2, -0.15) is 10.5 Å². The minimum absolute atomic E-state index is 0.331. The summed E-state index contributed by atoms with van der Waals surface area (Å²) >= 11 is 1.49. The van der Waals surface area contributed by atoms with Gasteiger partial charge >= 0.3 is 0 Å². The summed E-state index contributed by atoms with van der Waals surface area (Å²) in [6.07, 6.45) is 1.53. The number of fused-ring (bicyclic) bond motifs is 3. The van der Waals surface area contributed by atoms with E-state index in [9.17, 15) is 10.5 Å². The number of para-hydroxylation sites is 1. The monoisotopic (exact) mass is 318 g/mol. The van der Waals surface area contributed by atoms with Crippen LogP contribution in [0, 0.1) is 22.7 Å². The molecule has 2 N–H and O–H groups in total. The summed E-state index contributed by atoms with van der Waals surface area (Å²) in [6, 6.07) is 15.7. The van der Waals surface area contributed by atoms with E-state index in [0.29, 0.717) is 22.7 Å². The van der Waals surface area contributed by atoms with Gasteiger partial charge in [0.25, 0.3) is 0 Å². The number of rotatable bonds is 1. The van der Waals surface area contributed by atoms with Crippen molar-refractivity contribution in [3.8, 4) is 12.1 Å². The number of benzene rings is 1. The highest BCUT2D eigenvalue weighted by atomic mass is 32.2. The van der Waals surface area contributed by atoms with Crippen LogP contribution in [0.4, 0.5) is 5.69 Å². The highest BCUT2D eigenvalue weighted by Gasteiger charge is 2.41. The molecular weight excluding hydrogens is 308 g/mol. The van der Waals surface area contributed by atoms with Crippen molar-refractivity contribution < 1.29 is 4.42 Å². The predicted octanol–water partition coefficient (Wildman–Crippen LogP) is 3.42. The number of furan rings is 1. The summed E-state index contributed by atoms with van der Waals surface area (Å²) in [4.78, 5) is 2.80. The van der Waals surface area contributed by atoms with E-state index >= 15 is 0 Å². The van der Waals surface area contributed by atoms with Crippen molar-refractivity contribution in [2.45, 2.75) is 10.8 Å². The van der Waals surface area contributed by atoms with E-state index in [1.165, 1.54) is 18.0 Å². The Hall–Kier alpha value is -3.09. The largest absolute Gasteiger partial charge is 0.468 e. The van der Waals surface area contributed by atoms with E-state index in [1.54, 1.807) is 17.0 Å². The molecular formula is C17H10N4OS. The fourth-order valence-electron chi connectivity index (χ4n) is 2.91. The first kappa shape index (κ1) is 13.6. The van der Waals surface area contributed by atoms with Gasteiger partial charge in [0, 0.05) is 4.90 Å². The number of hydrogen-bond donors (Lipinski definition) is 1. The first-order chi connectivity index (χ1) is 11.3. The summed E-state index contributed by atoms with van der Waals surface area (Å²) in [5.41, 5.74) is 7.99. The second kappa shape index (κ2) is 4.98. The van der Waals surface area contributed by atoms with Crippen LogP contribution in [0.5, 0.6) is 0 Å². The van der Waals surface area contributed by atoms with Crippen molar-refractivity contribution in [1.82, 2.24) is 0 Å². The lowest BCUT2D eigenvalue weighted by Crippen LogP contribution is -2.32. The third-order valence-electron chi connectivity index (χ3n) is 3.91. The summed E-state index contributed by atoms with van der Waals surface area (Å²) in [7, 11) is 0. The topological polar surface area (TPSA) is 90.0 Å². The maximum absolute atomic E-state index is 9.72. The molecule has 23 heavy (non-hydrogen) atoms. The Morgan fingerprint density at radius 2 is 1.87 bits per heavy atom. The molecule has 4 rings (SSSR count). The molecule has 0 saturated heterocycles. The van der Waals surface area contributed by atoms with Crippen LogP contribution in [0.15, 0.2) is 74.0 Å². The molecule has 1 unspecified atom stereocenters. The van der Waals surface area contributed by atoms with E-state index < -0.39 is 5.92 Å². The minimum atomic E-state index is -0.562. The number of thioether (sulfide) groups is 1. The van der Waals surface area contributed by atoms with Gasteiger partial charge in [-0.05, 0) is 24.3 Å². The summed E-state index contributed by atoms with van der Waals surface area (Å²) in [5.74, 6) is 0.332. The lowest BCUT2D eigenvalue weighted by Gasteiger charge is -2.30. The number of allylic oxidation sites excluding steroid dienone is 2. The number of hydrogen-bond acceptors (Lipinski definition) is 6. The molecule has 5 nitrogen and oxygen atoms in total. The Morgan fingerprint density at radius 1 is 1.09 bits per heavy atom. The summed E-state index contributed by atoms with van der Waals surface area (Å²) in [5, 5.41) is 20.1. The fraction of sp³-hybridized carbons (Fsp3) is 0.0588. The molecule has 2 aliphatic rings. The number of nitriles is 2. The van der Waals surface area contributed by atoms with Crippen LogP contribution in [-0.4, -0.2) is 0 Å². The Morgan fingerprint density at radius 3 is 2.57 bits per heavy atom. The third-order valence-corrected chi connectivity index (χ3v) is 5.07. The van der Waals surface area contributed by atoms with Gasteiger partial charge in [-0.3, -0.25) is 4.90 Å². The Kier molecular flexibility index (Phi) is 2.94. The molecule has 0 amide bonds. The lowest BCUT2D eigenvalue weighted by molar-refractivity contribution is 0.501. The van der Waals surface area contributed by atoms with Crippen molar-refractivity contribution >= 4 is 17.4 Å². The second-order valence-electron chi connectivity index (χ2n) is 5.09. The molecule has 0 fully saturated rings. The molecule has 0 aliphatic carbocycles. The lowest BCUT2D eigenvalue weighted by atomic mass is 9.87.